The lowest BCUT2D eigenvalue weighted by atomic mass is 10.0. The van der Waals surface area contributed by atoms with Crippen molar-refractivity contribution < 1.29 is 17.7 Å². The molecule has 2 aromatic carbocycles. The summed E-state index contributed by atoms with van der Waals surface area (Å²) in [6.45, 7) is 2.42. The van der Waals surface area contributed by atoms with Crippen molar-refractivity contribution >= 4 is 32.8 Å². The lowest BCUT2D eigenvalue weighted by Gasteiger charge is -2.18. The highest BCUT2D eigenvalue weighted by molar-refractivity contribution is 7.89. The van der Waals surface area contributed by atoms with Gasteiger partial charge >= 0.3 is 6.03 Å². The molecule has 3 aromatic rings. The van der Waals surface area contributed by atoms with Gasteiger partial charge < -0.3 is 9.42 Å². The summed E-state index contributed by atoms with van der Waals surface area (Å²) in [4.78, 5) is 16.5. The van der Waals surface area contributed by atoms with Gasteiger partial charge in [0.15, 0.2) is 11.4 Å². The molecule has 2 saturated heterocycles. The maximum atomic E-state index is 13.2. The number of hydrogen-bond donors (Lipinski definition) is 1. The predicted molar refractivity (Wildman–Crippen MR) is 114 cm³/mol. The van der Waals surface area contributed by atoms with E-state index in [4.69, 9.17) is 4.52 Å². The Labute approximate surface area is 174 Å². The van der Waals surface area contributed by atoms with Crippen LogP contribution in [0.1, 0.15) is 13.3 Å². The van der Waals surface area contributed by atoms with Gasteiger partial charge in [-0.3, -0.25) is 4.90 Å². The summed E-state index contributed by atoms with van der Waals surface area (Å²) in [5.41, 5.74) is 2.60. The van der Waals surface area contributed by atoms with E-state index in [2.05, 4.69) is 9.88 Å². The molecule has 2 aliphatic rings. The molecule has 2 fully saturated rings. The van der Waals surface area contributed by atoms with Crippen molar-refractivity contribution in [2.75, 3.05) is 23.7 Å². The number of urea groups is 1. The van der Waals surface area contributed by atoms with Gasteiger partial charge in [0, 0.05) is 19.1 Å². The van der Waals surface area contributed by atoms with E-state index in [1.807, 2.05) is 48.5 Å². The number of sulfonamides is 1. The van der Waals surface area contributed by atoms with Gasteiger partial charge in [0.05, 0.1) is 17.2 Å². The highest BCUT2D eigenvalue weighted by Gasteiger charge is 2.46. The third-order valence-corrected chi connectivity index (χ3v) is 7.28. The average molecular weight is 426 g/mol. The van der Waals surface area contributed by atoms with Gasteiger partial charge in [-0.15, -0.1) is 0 Å². The minimum absolute atomic E-state index is 0.0292. The molecule has 3 heterocycles. The Bertz CT molecular complexity index is 1210. The molecule has 0 unspecified atom stereocenters. The lowest BCUT2D eigenvalue weighted by Crippen LogP contribution is -2.41. The van der Waals surface area contributed by atoms with Crippen molar-refractivity contribution in [3.8, 4) is 11.1 Å². The normalized spacial score (nSPS) is 21.6. The number of carbonyl (C=O) groups excluding carboxylic acids is 1. The number of aromatic nitrogens is 1. The number of fused-ring (bicyclic) bond motifs is 2. The van der Waals surface area contributed by atoms with Crippen molar-refractivity contribution in [3.63, 3.8) is 0 Å². The minimum atomic E-state index is -3.30. The standard InChI is InChI=1S/C21H22N4O4S/c1-2-30(27,28)23-15-11-16-13-25(21(26)24(16)12-15)20-19-17(14-7-4-3-5-8-14)9-6-10-18(19)29-22-20/h3-10,15-16,23H,2,11-13H2,1H3/t15-,16-/m0/s1. The third kappa shape index (κ3) is 3.14. The molecule has 0 bridgehead atoms. The van der Waals surface area contributed by atoms with Gasteiger partial charge in [-0.25, -0.2) is 17.9 Å². The smallest absolute Gasteiger partial charge is 0.326 e. The van der Waals surface area contributed by atoms with Crippen LogP contribution in [0.3, 0.4) is 0 Å². The van der Waals surface area contributed by atoms with E-state index in [1.54, 1.807) is 16.7 Å². The SMILES string of the molecule is CCS(=O)(=O)N[C@H]1C[C@H]2CN(c3noc4cccc(-c5ccccc5)c34)C(=O)N2C1. The van der Waals surface area contributed by atoms with Crippen molar-refractivity contribution in [1.82, 2.24) is 14.8 Å². The van der Waals surface area contributed by atoms with Gasteiger partial charge in [0.25, 0.3) is 0 Å². The maximum absolute atomic E-state index is 13.2. The molecule has 0 spiro atoms. The fraction of sp³-hybridized carbons (Fsp3) is 0.333. The lowest BCUT2D eigenvalue weighted by molar-refractivity contribution is 0.218. The molecule has 0 radical (unpaired) electrons. The molecular weight excluding hydrogens is 404 g/mol. The van der Waals surface area contributed by atoms with Crippen LogP contribution in [-0.2, 0) is 10.0 Å². The van der Waals surface area contributed by atoms with E-state index >= 15 is 0 Å². The highest BCUT2D eigenvalue weighted by atomic mass is 32.2. The number of hydrogen-bond acceptors (Lipinski definition) is 5. The Kier molecular flexibility index (Phi) is 4.52. The van der Waals surface area contributed by atoms with Gasteiger partial charge in [-0.05, 0) is 30.5 Å². The first-order valence-corrected chi connectivity index (χ1v) is 11.6. The number of nitrogens with zero attached hydrogens (tertiary/aromatic N) is 3. The molecule has 30 heavy (non-hydrogen) atoms. The second-order valence-corrected chi connectivity index (χ2v) is 9.75. The summed E-state index contributed by atoms with van der Waals surface area (Å²) in [7, 11) is -3.30. The second-order valence-electron chi connectivity index (χ2n) is 7.70. The van der Waals surface area contributed by atoms with E-state index in [0.717, 1.165) is 16.5 Å². The zero-order valence-corrected chi connectivity index (χ0v) is 17.3. The Morgan fingerprint density at radius 3 is 2.67 bits per heavy atom. The first-order chi connectivity index (χ1) is 14.5. The first kappa shape index (κ1) is 19.1. The van der Waals surface area contributed by atoms with Crippen LogP contribution in [-0.4, -0.2) is 55.4 Å². The zero-order valence-electron chi connectivity index (χ0n) is 16.5. The van der Waals surface area contributed by atoms with Crippen LogP contribution >= 0.6 is 0 Å². The van der Waals surface area contributed by atoms with E-state index in [1.165, 1.54) is 0 Å². The topological polar surface area (TPSA) is 95.7 Å². The Morgan fingerprint density at radius 2 is 1.93 bits per heavy atom. The van der Waals surface area contributed by atoms with E-state index in [0.29, 0.717) is 30.9 Å². The number of nitrogens with one attached hydrogen (secondary N) is 1. The molecule has 0 aliphatic carbocycles. The summed E-state index contributed by atoms with van der Waals surface area (Å²) in [6, 6.07) is 15.2. The van der Waals surface area contributed by atoms with Crippen LogP contribution < -0.4 is 9.62 Å². The molecule has 2 atom stereocenters. The average Bonchev–Trinajstić information content (AvgIpc) is 3.42. The fourth-order valence-electron chi connectivity index (χ4n) is 4.39. The molecule has 1 N–H and O–H groups in total. The largest absolute Gasteiger partial charge is 0.354 e. The molecule has 9 heteroatoms. The number of carbonyl (C=O) groups is 1. The highest BCUT2D eigenvalue weighted by Crippen LogP contribution is 2.38. The molecule has 5 rings (SSSR count). The monoisotopic (exact) mass is 426 g/mol. The van der Waals surface area contributed by atoms with E-state index in [9.17, 15) is 13.2 Å². The number of rotatable bonds is 5. The molecule has 8 nitrogen and oxygen atoms in total. The number of amides is 2. The van der Waals surface area contributed by atoms with Crippen LogP contribution in [0.15, 0.2) is 53.1 Å². The quantitative estimate of drug-likeness (QED) is 0.677. The molecule has 0 saturated carbocycles. The van der Waals surface area contributed by atoms with Crippen molar-refractivity contribution in [3.05, 3.63) is 48.5 Å². The maximum Gasteiger partial charge on any atom is 0.326 e. The second kappa shape index (κ2) is 7.10. The summed E-state index contributed by atoms with van der Waals surface area (Å²) in [5, 5.41) is 5.03. The molecule has 2 aliphatic heterocycles. The molecule has 156 valence electrons. The van der Waals surface area contributed by atoms with E-state index in [-0.39, 0.29) is 23.9 Å². The third-order valence-electron chi connectivity index (χ3n) is 5.83. The van der Waals surface area contributed by atoms with Gasteiger partial charge in [-0.1, -0.05) is 47.6 Å². The van der Waals surface area contributed by atoms with Crippen LogP contribution in [0.2, 0.25) is 0 Å². The summed E-state index contributed by atoms with van der Waals surface area (Å²) >= 11 is 0. The minimum Gasteiger partial charge on any atom is -0.354 e. The van der Waals surface area contributed by atoms with Crippen LogP contribution in [0.4, 0.5) is 10.6 Å². The summed E-state index contributed by atoms with van der Waals surface area (Å²) in [5.74, 6) is 0.538. The van der Waals surface area contributed by atoms with E-state index < -0.39 is 10.0 Å². The fourth-order valence-corrected chi connectivity index (χ4v) is 5.23. The zero-order chi connectivity index (χ0) is 20.9. The summed E-state index contributed by atoms with van der Waals surface area (Å²) < 4.78 is 32.0. The molecule has 2 amide bonds. The first-order valence-electron chi connectivity index (χ1n) is 9.99. The van der Waals surface area contributed by atoms with Crippen molar-refractivity contribution in [1.29, 1.82) is 0 Å². The molecular formula is C21H22N4O4S. The van der Waals surface area contributed by atoms with Crippen molar-refractivity contribution in [2.45, 2.75) is 25.4 Å². The molecule has 1 aromatic heterocycles. The Balaban J connectivity index is 1.45. The van der Waals surface area contributed by atoms with Crippen LogP contribution in [0.5, 0.6) is 0 Å². The van der Waals surface area contributed by atoms with Gasteiger partial charge in [-0.2, -0.15) is 0 Å². The number of benzene rings is 2. The van der Waals surface area contributed by atoms with Gasteiger partial charge in [0.1, 0.15) is 0 Å². The predicted octanol–water partition coefficient (Wildman–Crippen LogP) is 2.82. The Hall–Kier alpha value is -2.91. The van der Waals surface area contributed by atoms with Crippen molar-refractivity contribution in [2.24, 2.45) is 0 Å². The van der Waals surface area contributed by atoms with Crippen LogP contribution in [0, 0.1) is 0 Å². The van der Waals surface area contributed by atoms with Gasteiger partial charge in [0.2, 0.25) is 10.0 Å². The van der Waals surface area contributed by atoms with Crippen LogP contribution in [0.25, 0.3) is 22.1 Å². The summed E-state index contributed by atoms with van der Waals surface area (Å²) in [6.07, 6.45) is 0.586. The Morgan fingerprint density at radius 1 is 1.13 bits per heavy atom. The number of anilines is 1.